The topological polar surface area (TPSA) is 72.9 Å². The van der Waals surface area contributed by atoms with Crippen molar-refractivity contribution in [3.63, 3.8) is 0 Å². The van der Waals surface area contributed by atoms with Gasteiger partial charge in [-0.25, -0.2) is 8.42 Å². The van der Waals surface area contributed by atoms with Crippen LogP contribution in [-0.4, -0.2) is 51.6 Å². The van der Waals surface area contributed by atoms with Crippen LogP contribution >= 0.6 is 11.6 Å². The van der Waals surface area contributed by atoms with Crippen molar-refractivity contribution in [3.05, 3.63) is 29.3 Å². The Balaban J connectivity index is 2.15. The molecule has 0 aliphatic carbocycles. The first-order chi connectivity index (χ1) is 9.93. The van der Waals surface area contributed by atoms with E-state index in [0.717, 1.165) is 0 Å². The van der Waals surface area contributed by atoms with E-state index in [-0.39, 0.29) is 31.0 Å². The van der Waals surface area contributed by atoms with E-state index < -0.39 is 22.1 Å². The van der Waals surface area contributed by atoms with Crippen LogP contribution in [0.2, 0.25) is 5.02 Å². The Kier molecular flexibility index (Phi) is 5.21. The fraction of sp³-hybridized carbons (Fsp3) is 0.462. The lowest BCUT2D eigenvalue weighted by Gasteiger charge is -2.31. The van der Waals surface area contributed by atoms with Crippen LogP contribution < -0.4 is 0 Å². The van der Waals surface area contributed by atoms with Gasteiger partial charge in [0.05, 0.1) is 31.1 Å². The van der Waals surface area contributed by atoms with Crippen LogP contribution in [0.5, 0.6) is 0 Å². The van der Waals surface area contributed by atoms with Crippen LogP contribution in [0.3, 0.4) is 0 Å². The van der Waals surface area contributed by atoms with Crippen molar-refractivity contribution < 1.29 is 22.7 Å². The van der Waals surface area contributed by atoms with E-state index in [1.165, 1.54) is 23.5 Å². The van der Waals surface area contributed by atoms with E-state index in [1.54, 1.807) is 12.1 Å². The lowest BCUT2D eigenvalue weighted by atomic mass is 10.2. The third kappa shape index (κ3) is 3.94. The normalized spacial score (nSPS) is 20.2. The molecule has 1 atom stereocenters. The van der Waals surface area contributed by atoms with Crippen molar-refractivity contribution in [2.45, 2.75) is 17.4 Å². The average Bonchev–Trinajstić information content (AvgIpc) is 2.47. The molecule has 2 rings (SSSR count). The number of nitrogens with zero attached hydrogens (tertiary/aromatic N) is 1. The maximum atomic E-state index is 12.5. The predicted octanol–water partition coefficient (Wildman–Crippen LogP) is 1.29. The van der Waals surface area contributed by atoms with E-state index in [0.29, 0.717) is 5.02 Å². The molecule has 1 aliphatic rings. The molecular formula is C13H16ClNO5S. The Morgan fingerprint density at radius 2 is 2.29 bits per heavy atom. The molecule has 0 aromatic heterocycles. The fourth-order valence-corrected chi connectivity index (χ4v) is 3.84. The summed E-state index contributed by atoms with van der Waals surface area (Å²) in [7, 11) is -2.36. The van der Waals surface area contributed by atoms with Gasteiger partial charge in [-0.15, -0.1) is 0 Å². The maximum Gasteiger partial charge on any atom is 0.308 e. The fourth-order valence-electron chi connectivity index (χ4n) is 2.08. The highest BCUT2D eigenvalue weighted by Gasteiger charge is 2.32. The summed E-state index contributed by atoms with van der Waals surface area (Å²) in [5, 5.41) is 0.357. The molecule has 0 N–H and O–H groups in total. The van der Waals surface area contributed by atoms with Crippen molar-refractivity contribution >= 4 is 27.6 Å². The van der Waals surface area contributed by atoms with Crippen molar-refractivity contribution in [2.24, 2.45) is 0 Å². The van der Waals surface area contributed by atoms with E-state index in [2.05, 4.69) is 4.74 Å². The molecule has 0 amide bonds. The monoisotopic (exact) mass is 333 g/mol. The van der Waals surface area contributed by atoms with E-state index >= 15 is 0 Å². The predicted molar refractivity (Wildman–Crippen MR) is 76.6 cm³/mol. The minimum atomic E-state index is -3.64. The molecule has 8 heteroatoms. The number of benzene rings is 1. The van der Waals surface area contributed by atoms with Crippen LogP contribution in [0.4, 0.5) is 0 Å². The first-order valence-corrected chi connectivity index (χ1v) is 8.19. The number of methoxy groups -OCH3 is 1. The van der Waals surface area contributed by atoms with Crippen molar-refractivity contribution in [2.75, 3.05) is 26.8 Å². The zero-order valence-corrected chi connectivity index (χ0v) is 13.1. The lowest BCUT2D eigenvalue weighted by Crippen LogP contribution is -2.46. The molecule has 21 heavy (non-hydrogen) atoms. The van der Waals surface area contributed by atoms with E-state index in [1.807, 2.05) is 0 Å². The second kappa shape index (κ2) is 6.74. The van der Waals surface area contributed by atoms with Crippen LogP contribution in [-0.2, 0) is 24.3 Å². The van der Waals surface area contributed by atoms with Gasteiger partial charge in [0.1, 0.15) is 0 Å². The number of hydrogen-bond acceptors (Lipinski definition) is 5. The van der Waals surface area contributed by atoms with Crippen molar-refractivity contribution in [1.82, 2.24) is 4.31 Å². The molecule has 1 aromatic carbocycles. The molecule has 116 valence electrons. The Bertz CT molecular complexity index is 619. The van der Waals surface area contributed by atoms with Crippen LogP contribution in [0.1, 0.15) is 6.42 Å². The Morgan fingerprint density at radius 1 is 1.52 bits per heavy atom. The van der Waals surface area contributed by atoms with Gasteiger partial charge in [0, 0.05) is 18.1 Å². The molecule has 1 aromatic rings. The highest BCUT2D eigenvalue weighted by molar-refractivity contribution is 7.89. The zero-order chi connectivity index (χ0) is 15.5. The molecule has 0 radical (unpaired) electrons. The average molecular weight is 334 g/mol. The summed E-state index contributed by atoms with van der Waals surface area (Å²) in [6.45, 7) is 0.595. The summed E-state index contributed by atoms with van der Waals surface area (Å²) in [5.74, 6) is -0.429. The van der Waals surface area contributed by atoms with Gasteiger partial charge in [0.15, 0.2) is 0 Å². The molecule has 0 saturated carbocycles. The van der Waals surface area contributed by atoms with Gasteiger partial charge in [0.2, 0.25) is 10.0 Å². The van der Waals surface area contributed by atoms with Gasteiger partial charge in [-0.05, 0) is 18.2 Å². The maximum absolute atomic E-state index is 12.5. The first-order valence-electron chi connectivity index (χ1n) is 6.37. The second-order valence-electron chi connectivity index (χ2n) is 4.59. The van der Waals surface area contributed by atoms with Gasteiger partial charge in [-0.1, -0.05) is 17.7 Å². The Hall–Kier alpha value is -1.15. The number of esters is 1. The smallest absolute Gasteiger partial charge is 0.308 e. The number of ether oxygens (including phenoxy) is 2. The molecule has 1 heterocycles. The quantitative estimate of drug-likeness (QED) is 0.776. The lowest BCUT2D eigenvalue weighted by molar-refractivity contribution is -0.145. The van der Waals surface area contributed by atoms with Crippen LogP contribution in [0, 0.1) is 0 Å². The minimum Gasteiger partial charge on any atom is -0.469 e. The molecule has 1 saturated heterocycles. The van der Waals surface area contributed by atoms with E-state index in [9.17, 15) is 13.2 Å². The van der Waals surface area contributed by atoms with Crippen molar-refractivity contribution in [3.8, 4) is 0 Å². The molecular weight excluding hydrogens is 318 g/mol. The van der Waals surface area contributed by atoms with Crippen molar-refractivity contribution in [1.29, 1.82) is 0 Å². The second-order valence-corrected chi connectivity index (χ2v) is 6.97. The summed E-state index contributed by atoms with van der Waals surface area (Å²) in [6.07, 6.45) is -0.474. The summed E-state index contributed by atoms with van der Waals surface area (Å²) >= 11 is 5.84. The van der Waals surface area contributed by atoms with Gasteiger partial charge in [0.25, 0.3) is 0 Å². The summed E-state index contributed by atoms with van der Waals surface area (Å²) < 4.78 is 36.3. The Labute approximate surface area is 128 Å². The third-order valence-corrected chi connectivity index (χ3v) is 5.25. The van der Waals surface area contributed by atoms with Gasteiger partial charge in [-0.3, -0.25) is 4.79 Å². The summed E-state index contributed by atoms with van der Waals surface area (Å²) in [4.78, 5) is 11.4. The largest absolute Gasteiger partial charge is 0.469 e. The summed E-state index contributed by atoms with van der Waals surface area (Å²) in [6, 6.07) is 6.09. The Morgan fingerprint density at radius 3 is 2.95 bits per heavy atom. The standard InChI is InChI=1S/C13H16ClNO5S/c1-19-13(16)8-11-9-15(5-6-20-11)21(17,18)12-4-2-3-10(14)7-12/h2-4,7,11H,5-6,8-9H2,1H3. The highest BCUT2D eigenvalue weighted by atomic mass is 35.5. The number of carbonyl (C=O) groups is 1. The number of rotatable bonds is 4. The van der Waals surface area contributed by atoms with Crippen LogP contribution in [0.25, 0.3) is 0 Å². The molecule has 0 bridgehead atoms. The SMILES string of the molecule is COC(=O)CC1CN(S(=O)(=O)c2cccc(Cl)c2)CCO1. The summed E-state index contributed by atoms with van der Waals surface area (Å²) in [5.41, 5.74) is 0. The molecule has 1 unspecified atom stereocenters. The number of sulfonamides is 1. The molecule has 6 nitrogen and oxygen atoms in total. The van der Waals surface area contributed by atoms with E-state index in [4.69, 9.17) is 16.3 Å². The number of carbonyl (C=O) groups excluding carboxylic acids is 1. The first kappa shape index (κ1) is 16.2. The number of halogens is 1. The van der Waals surface area contributed by atoms with Gasteiger partial charge in [-0.2, -0.15) is 4.31 Å². The number of morpholine rings is 1. The minimum absolute atomic E-state index is 0.0259. The van der Waals surface area contributed by atoms with Crippen LogP contribution in [0.15, 0.2) is 29.2 Å². The third-order valence-electron chi connectivity index (χ3n) is 3.16. The molecule has 0 spiro atoms. The number of hydrogen-bond donors (Lipinski definition) is 0. The zero-order valence-electron chi connectivity index (χ0n) is 11.5. The molecule has 1 fully saturated rings. The van der Waals surface area contributed by atoms with Gasteiger partial charge < -0.3 is 9.47 Å². The van der Waals surface area contributed by atoms with Gasteiger partial charge >= 0.3 is 5.97 Å². The highest BCUT2D eigenvalue weighted by Crippen LogP contribution is 2.22. The molecule has 1 aliphatic heterocycles.